The minimum Gasteiger partial charge on any atom is -0.386 e. The molecular weight excluding hydrogens is 222 g/mol. The Balaban J connectivity index is 2.19. The second kappa shape index (κ2) is 4.45. The van der Waals surface area contributed by atoms with Gasteiger partial charge in [0.15, 0.2) is 0 Å². The Morgan fingerprint density at radius 3 is 2.44 bits per heavy atom. The van der Waals surface area contributed by atoms with Crippen LogP contribution in [0.4, 0.5) is 5.69 Å². The van der Waals surface area contributed by atoms with Crippen LogP contribution in [0.3, 0.4) is 0 Å². The van der Waals surface area contributed by atoms with Crippen LogP contribution in [0.1, 0.15) is 11.1 Å². The Labute approximate surface area is 106 Å². The highest BCUT2D eigenvalue weighted by molar-refractivity contribution is 6.17. The second-order valence-corrected chi connectivity index (χ2v) is 4.15. The van der Waals surface area contributed by atoms with Crippen molar-refractivity contribution in [3.63, 3.8) is 0 Å². The van der Waals surface area contributed by atoms with E-state index in [-0.39, 0.29) is 0 Å². The molecule has 0 saturated heterocycles. The number of para-hydroxylation sites is 1. The molecule has 3 rings (SSSR count). The first-order chi connectivity index (χ1) is 8.84. The third kappa shape index (κ3) is 1.91. The fraction of sp³-hybridized carbons (Fsp3) is 0.0667. The van der Waals surface area contributed by atoms with Crippen LogP contribution in [0.25, 0.3) is 0 Å². The number of nitrogens with two attached hydrogens (primary N) is 1. The third-order valence-corrected chi connectivity index (χ3v) is 2.87. The van der Waals surface area contributed by atoms with Crippen LogP contribution in [-0.4, -0.2) is 18.1 Å². The lowest BCUT2D eigenvalue weighted by molar-refractivity contribution is 1.27. The summed E-state index contributed by atoms with van der Waals surface area (Å²) >= 11 is 0. The van der Waals surface area contributed by atoms with Crippen LogP contribution in [0.5, 0.6) is 0 Å². The van der Waals surface area contributed by atoms with Crippen molar-refractivity contribution in [3.05, 3.63) is 65.7 Å². The number of benzene rings is 2. The summed E-state index contributed by atoms with van der Waals surface area (Å²) in [4.78, 5) is 8.97. The SMILES string of the molecule is NC1=Nc2ccccc2C(c2ccccc2)=NC1. The molecule has 0 fully saturated rings. The number of rotatable bonds is 1. The Kier molecular flexibility index (Phi) is 2.65. The van der Waals surface area contributed by atoms with E-state index in [1.54, 1.807) is 0 Å². The molecule has 0 aliphatic carbocycles. The minimum atomic E-state index is 0.443. The maximum Gasteiger partial charge on any atom is 0.121 e. The zero-order valence-electron chi connectivity index (χ0n) is 9.88. The van der Waals surface area contributed by atoms with E-state index in [0.29, 0.717) is 12.4 Å². The second-order valence-electron chi connectivity index (χ2n) is 4.15. The van der Waals surface area contributed by atoms with Gasteiger partial charge in [0.05, 0.1) is 17.9 Å². The van der Waals surface area contributed by atoms with E-state index in [2.05, 4.69) is 22.1 Å². The van der Waals surface area contributed by atoms with E-state index in [9.17, 15) is 0 Å². The van der Waals surface area contributed by atoms with Gasteiger partial charge in [-0.25, -0.2) is 4.99 Å². The summed E-state index contributed by atoms with van der Waals surface area (Å²) in [5.74, 6) is 0.549. The average molecular weight is 235 g/mol. The van der Waals surface area contributed by atoms with Crippen LogP contribution in [0, 0.1) is 0 Å². The van der Waals surface area contributed by atoms with Crippen LogP contribution < -0.4 is 5.73 Å². The van der Waals surface area contributed by atoms with Crippen LogP contribution in [0.15, 0.2) is 64.6 Å². The standard InChI is InChI=1S/C15H13N3/c16-14-10-17-15(11-6-2-1-3-7-11)12-8-4-5-9-13(12)18-14/h1-9H,10H2,(H2,16,18). The highest BCUT2D eigenvalue weighted by atomic mass is 14.9. The lowest BCUT2D eigenvalue weighted by atomic mass is 10.0. The van der Waals surface area contributed by atoms with Crippen molar-refractivity contribution in [1.29, 1.82) is 0 Å². The van der Waals surface area contributed by atoms with Crippen LogP contribution >= 0.6 is 0 Å². The molecule has 0 atom stereocenters. The molecule has 0 aromatic heterocycles. The fourth-order valence-electron chi connectivity index (χ4n) is 2.05. The average Bonchev–Trinajstić information content (AvgIpc) is 2.58. The summed E-state index contributed by atoms with van der Waals surface area (Å²) < 4.78 is 0. The van der Waals surface area contributed by atoms with Crippen molar-refractivity contribution in [1.82, 2.24) is 0 Å². The van der Waals surface area contributed by atoms with E-state index in [0.717, 1.165) is 22.5 Å². The molecule has 0 bridgehead atoms. The topological polar surface area (TPSA) is 50.7 Å². The van der Waals surface area contributed by atoms with Gasteiger partial charge >= 0.3 is 0 Å². The number of amidine groups is 1. The van der Waals surface area contributed by atoms with Gasteiger partial charge in [0.1, 0.15) is 5.84 Å². The largest absolute Gasteiger partial charge is 0.386 e. The maximum absolute atomic E-state index is 5.83. The van der Waals surface area contributed by atoms with Crippen molar-refractivity contribution < 1.29 is 0 Å². The molecule has 88 valence electrons. The van der Waals surface area contributed by atoms with E-state index >= 15 is 0 Å². The van der Waals surface area contributed by atoms with Gasteiger partial charge in [0.25, 0.3) is 0 Å². The number of hydrogen-bond acceptors (Lipinski definition) is 3. The van der Waals surface area contributed by atoms with Gasteiger partial charge in [0, 0.05) is 11.1 Å². The maximum atomic E-state index is 5.83. The molecule has 1 aliphatic rings. The van der Waals surface area contributed by atoms with E-state index in [4.69, 9.17) is 5.73 Å². The van der Waals surface area contributed by atoms with Gasteiger partial charge in [-0.2, -0.15) is 0 Å². The fourth-order valence-corrected chi connectivity index (χ4v) is 2.05. The van der Waals surface area contributed by atoms with Crippen LogP contribution in [-0.2, 0) is 0 Å². The Bertz CT molecular complexity index is 627. The van der Waals surface area contributed by atoms with Crippen molar-refractivity contribution in [2.45, 2.75) is 0 Å². The molecule has 0 saturated carbocycles. The number of fused-ring (bicyclic) bond motifs is 1. The Hall–Kier alpha value is -2.42. The smallest absolute Gasteiger partial charge is 0.121 e. The first-order valence-corrected chi connectivity index (χ1v) is 5.87. The zero-order chi connectivity index (χ0) is 12.4. The summed E-state index contributed by atoms with van der Waals surface area (Å²) in [6.07, 6.45) is 0. The molecule has 18 heavy (non-hydrogen) atoms. The zero-order valence-corrected chi connectivity index (χ0v) is 9.88. The summed E-state index contributed by atoms with van der Waals surface area (Å²) in [6, 6.07) is 18.1. The number of nitrogens with zero attached hydrogens (tertiary/aromatic N) is 2. The van der Waals surface area contributed by atoms with Crippen molar-refractivity contribution in [3.8, 4) is 0 Å². The molecule has 2 aromatic carbocycles. The van der Waals surface area contributed by atoms with Crippen molar-refractivity contribution in [2.75, 3.05) is 6.54 Å². The first-order valence-electron chi connectivity index (χ1n) is 5.87. The lowest BCUT2D eigenvalue weighted by Crippen LogP contribution is -2.14. The molecule has 1 heterocycles. The van der Waals surface area contributed by atoms with Gasteiger partial charge in [-0.3, -0.25) is 4.99 Å². The third-order valence-electron chi connectivity index (χ3n) is 2.87. The molecule has 2 N–H and O–H groups in total. The van der Waals surface area contributed by atoms with Gasteiger partial charge in [-0.15, -0.1) is 0 Å². The monoisotopic (exact) mass is 235 g/mol. The molecule has 0 unspecified atom stereocenters. The van der Waals surface area contributed by atoms with Gasteiger partial charge in [-0.05, 0) is 6.07 Å². The van der Waals surface area contributed by atoms with Crippen molar-refractivity contribution >= 4 is 17.2 Å². The molecule has 0 radical (unpaired) electrons. The minimum absolute atomic E-state index is 0.443. The highest BCUT2D eigenvalue weighted by Crippen LogP contribution is 2.24. The predicted molar refractivity (Wildman–Crippen MR) is 74.7 cm³/mol. The Morgan fingerprint density at radius 1 is 0.889 bits per heavy atom. The van der Waals surface area contributed by atoms with Gasteiger partial charge in [0.2, 0.25) is 0 Å². The quantitative estimate of drug-likeness (QED) is 0.811. The normalized spacial score (nSPS) is 14.2. The molecule has 2 aromatic rings. The summed E-state index contributed by atoms with van der Waals surface area (Å²) in [7, 11) is 0. The molecule has 3 nitrogen and oxygen atoms in total. The lowest BCUT2D eigenvalue weighted by Gasteiger charge is -2.07. The first kappa shape index (κ1) is 10.7. The highest BCUT2D eigenvalue weighted by Gasteiger charge is 2.13. The summed E-state index contributed by atoms with van der Waals surface area (Å²) in [5.41, 5.74) is 9.80. The molecule has 0 amide bonds. The molecule has 3 heteroatoms. The molecular formula is C15H13N3. The molecule has 1 aliphatic heterocycles. The van der Waals surface area contributed by atoms with Gasteiger partial charge in [-0.1, -0.05) is 48.5 Å². The van der Waals surface area contributed by atoms with E-state index in [1.165, 1.54) is 0 Å². The number of aliphatic imine (C=N–C) groups is 2. The van der Waals surface area contributed by atoms with Crippen LogP contribution in [0.2, 0.25) is 0 Å². The van der Waals surface area contributed by atoms with Gasteiger partial charge < -0.3 is 5.73 Å². The molecule has 0 spiro atoms. The number of hydrogen-bond donors (Lipinski definition) is 1. The van der Waals surface area contributed by atoms with Crippen molar-refractivity contribution in [2.24, 2.45) is 15.7 Å². The summed E-state index contributed by atoms with van der Waals surface area (Å²) in [6.45, 7) is 0.443. The van der Waals surface area contributed by atoms with E-state index < -0.39 is 0 Å². The predicted octanol–water partition coefficient (Wildman–Crippen LogP) is 2.53. The Morgan fingerprint density at radius 2 is 1.61 bits per heavy atom. The summed E-state index contributed by atoms with van der Waals surface area (Å²) in [5, 5.41) is 0. The van der Waals surface area contributed by atoms with E-state index in [1.807, 2.05) is 42.5 Å².